The minimum atomic E-state index is 0.0996. The number of para-hydroxylation sites is 1. The van der Waals surface area contributed by atoms with Gasteiger partial charge in [-0.1, -0.05) is 18.2 Å². The van der Waals surface area contributed by atoms with E-state index < -0.39 is 0 Å². The molecule has 2 aromatic heterocycles. The third kappa shape index (κ3) is 2.36. The Morgan fingerprint density at radius 2 is 1.86 bits per heavy atom. The summed E-state index contributed by atoms with van der Waals surface area (Å²) in [7, 11) is 3.80. The lowest BCUT2D eigenvalue weighted by atomic mass is 10.1. The van der Waals surface area contributed by atoms with Crippen LogP contribution in [-0.2, 0) is 0 Å². The first-order valence-electron chi connectivity index (χ1n) is 9.90. The van der Waals surface area contributed by atoms with Gasteiger partial charge in [0.25, 0.3) is 0 Å². The number of aryl methyl sites for hydroxylation is 2. The number of methoxy groups -OCH3 is 1. The van der Waals surface area contributed by atoms with Crippen LogP contribution in [0.2, 0.25) is 0 Å². The number of hydrogen-bond acceptors (Lipinski definition) is 5. The zero-order chi connectivity index (χ0) is 20.4. The highest BCUT2D eigenvalue weighted by molar-refractivity contribution is 6.12. The smallest absolute Gasteiger partial charge is 0.164 e. The van der Waals surface area contributed by atoms with Crippen LogP contribution in [0, 0.1) is 20.8 Å². The molecule has 1 aliphatic heterocycles. The molecule has 3 heterocycles. The van der Waals surface area contributed by atoms with E-state index in [1.165, 1.54) is 0 Å². The number of furan rings is 1. The van der Waals surface area contributed by atoms with Crippen LogP contribution in [0.1, 0.15) is 23.6 Å². The molecule has 1 aliphatic rings. The fourth-order valence-electron chi connectivity index (χ4n) is 4.47. The summed E-state index contributed by atoms with van der Waals surface area (Å²) < 4.78 is 12.1. The fraction of sp³-hybridized carbons (Fsp3) is 0.292. The lowest BCUT2D eigenvalue weighted by Crippen LogP contribution is -2.36. The lowest BCUT2D eigenvalue weighted by molar-refractivity contribution is 0.411. The van der Waals surface area contributed by atoms with Crippen molar-refractivity contribution in [2.24, 2.45) is 0 Å². The molecule has 1 atom stereocenters. The van der Waals surface area contributed by atoms with Crippen LogP contribution in [0.15, 0.2) is 40.9 Å². The van der Waals surface area contributed by atoms with Crippen molar-refractivity contribution in [2.45, 2.75) is 33.9 Å². The van der Waals surface area contributed by atoms with Gasteiger partial charge < -0.3 is 19.0 Å². The van der Waals surface area contributed by atoms with Crippen LogP contribution in [0.25, 0.3) is 21.9 Å². The summed E-state index contributed by atoms with van der Waals surface area (Å²) in [5, 5.41) is 2.16. The van der Waals surface area contributed by atoms with Crippen LogP contribution in [-0.4, -0.2) is 25.3 Å². The van der Waals surface area contributed by atoms with Crippen LogP contribution >= 0.6 is 0 Å². The van der Waals surface area contributed by atoms with E-state index >= 15 is 0 Å². The molecule has 5 rings (SSSR count). The first-order chi connectivity index (χ1) is 13.9. The Morgan fingerprint density at radius 3 is 2.62 bits per heavy atom. The number of nitrogens with zero attached hydrogens (tertiary/aromatic N) is 3. The van der Waals surface area contributed by atoms with E-state index in [9.17, 15) is 0 Å². The number of hydrogen-bond donors (Lipinski definition) is 0. The maximum absolute atomic E-state index is 6.46. The number of benzene rings is 2. The largest absolute Gasteiger partial charge is 0.496 e. The summed E-state index contributed by atoms with van der Waals surface area (Å²) in [5.74, 6) is 1.82. The van der Waals surface area contributed by atoms with E-state index in [2.05, 4.69) is 74.9 Å². The highest BCUT2D eigenvalue weighted by Crippen LogP contribution is 2.50. The Morgan fingerprint density at radius 1 is 1.07 bits per heavy atom. The summed E-state index contributed by atoms with van der Waals surface area (Å²) in [6.45, 7) is 8.48. The first-order valence-corrected chi connectivity index (χ1v) is 9.90. The summed E-state index contributed by atoms with van der Waals surface area (Å²) in [5.41, 5.74) is 7.35. The van der Waals surface area contributed by atoms with Crippen molar-refractivity contribution in [3.05, 3.63) is 53.2 Å². The van der Waals surface area contributed by atoms with E-state index in [1.54, 1.807) is 7.11 Å². The van der Waals surface area contributed by atoms with Crippen molar-refractivity contribution < 1.29 is 9.15 Å². The second-order valence-electron chi connectivity index (χ2n) is 7.95. The number of fused-ring (bicyclic) bond motifs is 5. The van der Waals surface area contributed by atoms with Gasteiger partial charge in [0.15, 0.2) is 11.4 Å². The van der Waals surface area contributed by atoms with Crippen molar-refractivity contribution in [1.29, 1.82) is 0 Å². The third-order valence-corrected chi connectivity index (χ3v) is 6.16. The molecular formula is C24H25N3O2. The van der Waals surface area contributed by atoms with Gasteiger partial charge >= 0.3 is 0 Å². The quantitative estimate of drug-likeness (QED) is 0.432. The lowest BCUT2D eigenvalue weighted by Gasteiger charge is -2.29. The zero-order valence-electron chi connectivity index (χ0n) is 17.7. The molecule has 0 radical (unpaired) electrons. The molecule has 2 aromatic carbocycles. The maximum Gasteiger partial charge on any atom is 0.164 e. The standard InChI is InChI=1S/C24H25N3O2/c1-13-10-19(15(3)20(11-13)28-6)27-16(4)26(5)24-21(27)23-18(12-25-24)17-9-7-8-14(2)22(17)29-23/h7-12,16H,1-6H3/t16-/m0/s1. The third-order valence-electron chi connectivity index (χ3n) is 6.16. The molecule has 29 heavy (non-hydrogen) atoms. The van der Waals surface area contributed by atoms with E-state index in [0.717, 1.165) is 61.6 Å². The molecule has 148 valence electrons. The number of aromatic nitrogens is 1. The van der Waals surface area contributed by atoms with Gasteiger partial charge in [0, 0.05) is 29.6 Å². The highest BCUT2D eigenvalue weighted by Gasteiger charge is 2.37. The van der Waals surface area contributed by atoms with E-state index in [1.807, 2.05) is 6.20 Å². The van der Waals surface area contributed by atoms with E-state index in [0.29, 0.717) is 0 Å². The summed E-state index contributed by atoms with van der Waals surface area (Å²) in [6, 6.07) is 10.6. The monoisotopic (exact) mass is 387 g/mol. The van der Waals surface area contributed by atoms with Gasteiger partial charge in [-0.15, -0.1) is 0 Å². The average Bonchev–Trinajstić information content (AvgIpc) is 3.21. The molecule has 5 heteroatoms. The Balaban J connectivity index is 1.86. The van der Waals surface area contributed by atoms with Gasteiger partial charge in [-0.25, -0.2) is 4.98 Å². The minimum Gasteiger partial charge on any atom is -0.496 e. The maximum atomic E-state index is 6.46. The molecule has 5 nitrogen and oxygen atoms in total. The van der Waals surface area contributed by atoms with Crippen molar-refractivity contribution in [2.75, 3.05) is 24.0 Å². The molecule has 0 bridgehead atoms. The summed E-state index contributed by atoms with van der Waals surface area (Å²) in [6.07, 6.45) is 2.04. The van der Waals surface area contributed by atoms with Crippen molar-refractivity contribution in [3.8, 4) is 5.75 Å². The molecule has 4 aromatic rings. The van der Waals surface area contributed by atoms with E-state index in [-0.39, 0.29) is 6.17 Å². The molecule has 0 saturated heterocycles. The number of ether oxygens (including phenoxy) is 1. The Labute approximate surface area is 170 Å². The summed E-state index contributed by atoms with van der Waals surface area (Å²) in [4.78, 5) is 9.36. The van der Waals surface area contributed by atoms with Gasteiger partial charge in [0.2, 0.25) is 0 Å². The topological polar surface area (TPSA) is 41.7 Å². The van der Waals surface area contributed by atoms with Crippen LogP contribution < -0.4 is 14.5 Å². The number of pyridine rings is 1. The molecular weight excluding hydrogens is 362 g/mol. The van der Waals surface area contributed by atoms with Gasteiger partial charge in [0.1, 0.15) is 23.2 Å². The normalized spacial score (nSPS) is 16.1. The Kier molecular flexibility index (Phi) is 3.78. The van der Waals surface area contributed by atoms with Gasteiger partial charge in [-0.3, -0.25) is 0 Å². The fourth-order valence-corrected chi connectivity index (χ4v) is 4.47. The van der Waals surface area contributed by atoms with Crippen LogP contribution in [0.3, 0.4) is 0 Å². The first kappa shape index (κ1) is 17.9. The molecule has 0 amide bonds. The van der Waals surface area contributed by atoms with Gasteiger partial charge in [-0.2, -0.15) is 0 Å². The van der Waals surface area contributed by atoms with Gasteiger partial charge in [-0.05, 0) is 51.0 Å². The van der Waals surface area contributed by atoms with Crippen LogP contribution in [0.5, 0.6) is 5.75 Å². The molecule has 0 fully saturated rings. The highest BCUT2D eigenvalue weighted by atomic mass is 16.5. The SMILES string of the molecule is COc1cc(C)cc(N2c3c(ncc4c3oc3c(C)cccc34)N(C)[C@@H]2C)c1C. The number of rotatable bonds is 2. The Hall–Kier alpha value is -3.21. The predicted octanol–water partition coefficient (Wildman–Crippen LogP) is 5.85. The molecule has 0 unspecified atom stereocenters. The van der Waals surface area contributed by atoms with Crippen LogP contribution in [0.4, 0.5) is 17.2 Å². The summed E-state index contributed by atoms with van der Waals surface area (Å²) >= 11 is 0. The minimum absolute atomic E-state index is 0.0996. The van der Waals surface area contributed by atoms with Crippen molar-refractivity contribution in [3.63, 3.8) is 0 Å². The molecule has 0 N–H and O–H groups in total. The zero-order valence-corrected chi connectivity index (χ0v) is 17.7. The Bertz CT molecular complexity index is 1270. The molecule has 0 aliphatic carbocycles. The van der Waals surface area contributed by atoms with Gasteiger partial charge in [0.05, 0.1) is 12.8 Å². The second-order valence-corrected chi connectivity index (χ2v) is 7.95. The van der Waals surface area contributed by atoms with E-state index in [4.69, 9.17) is 14.1 Å². The molecule has 0 saturated carbocycles. The molecule has 0 spiro atoms. The number of anilines is 3. The second kappa shape index (κ2) is 6.14. The van der Waals surface area contributed by atoms with Crippen molar-refractivity contribution >= 4 is 39.1 Å². The van der Waals surface area contributed by atoms with Crippen molar-refractivity contribution in [1.82, 2.24) is 4.98 Å². The predicted molar refractivity (Wildman–Crippen MR) is 119 cm³/mol. The average molecular weight is 387 g/mol.